The summed E-state index contributed by atoms with van der Waals surface area (Å²) >= 11 is 6.23. The van der Waals surface area contributed by atoms with Crippen LogP contribution in [0.3, 0.4) is 0 Å². The van der Waals surface area contributed by atoms with Crippen LogP contribution in [0.4, 0.5) is 5.69 Å². The Morgan fingerprint density at radius 3 is 2.65 bits per heavy atom. The van der Waals surface area contributed by atoms with E-state index < -0.39 is 17.7 Å². The van der Waals surface area contributed by atoms with Crippen LogP contribution < -0.4 is 9.64 Å². The number of rotatable bonds is 6. The monoisotopic (exact) mass is 476 g/mol. The van der Waals surface area contributed by atoms with E-state index in [0.29, 0.717) is 40.1 Å². The van der Waals surface area contributed by atoms with E-state index in [4.69, 9.17) is 16.3 Å². The van der Waals surface area contributed by atoms with Gasteiger partial charge in [0.15, 0.2) is 0 Å². The number of halogens is 1. The Kier molecular flexibility index (Phi) is 6.70. The molecule has 1 fully saturated rings. The Bertz CT molecular complexity index is 1270. The molecule has 2 heterocycles. The molecule has 0 aliphatic carbocycles. The average molecular weight is 477 g/mol. The minimum atomic E-state index is -0.869. The Hall–Kier alpha value is -3.64. The summed E-state index contributed by atoms with van der Waals surface area (Å²) in [4.78, 5) is 32.1. The minimum Gasteiger partial charge on any atom is -0.507 e. The van der Waals surface area contributed by atoms with Crippen molar-refractivity contribution in [2.75, 3.05) is 11.5 Å². The lowest BCUT2D eigenvalue weighted by molar-refractivity contribution is -0.132. The molecule has 1 aliphatic rings. The van der Waals surface area contributed by atoms with Crippen LogP contribution in [0, 0.1) is 12.8 Å². The first-order valence-corrected chi connectivity index (χ1v) is 11.4. The van der Waals surface area contributed by atoms with Gasteiger partial charge in [0.2, 0.25) is 0 Å². The molecular formula is C27H25ClN2O4. The molecule has 1 saturated heterocycles. The molecule has 1 aromatic heterocycles. The number of pyridine rings is 1. The number of benzene rings is 2. The number of aryl methyl sites for hydroxylation is 1. The van der Waals surface area contributed by atoms with Gasteiger partial charge in [0.05, 0.1) is 18.2 Å². The molecule has 3 aromatic rings. The molecular weight excluding hydrogens is 452 g/mol. The van der Waals surface area contributed by atoms with Gasteiger partial charge in [-0.15, -0.1) is 0 Å². The molecule has 1 amide bonds. The van der Waals surface area contributed by atoms with E-state index in [-0.39, 0.29) is 11.3 Å². The number of hydrogen-bond acceptors (Lipinski definition) is 5. The predicted molar refractivity (Wildman–Crippen MR) is 132 cm³/mol. The fourth-order valence-corrected chi connectivity index (χ4v) is 4.09. The van der Waals surface area contributed by atoms with Crippen LogP contribution in [0.5, 0.6) is 5.75 Å². The van der Waals surface area contributed by atoms with Crippen molar-refractivity contribution < 1.29 is 19.4 Å². The van der Waals surface area contributed by atoms with Gasteiger partial charge in [0.1, 0.15) is 11.5 Å². The highest BCUT2D eigenvalue weighted by Crippen LogP contribution is 2.43. The van der Waals surface area contributed by atoms with Crippen molar-refractivity contribution in [1.82, 2.24) is 4.98 Å². The number of aliphatic hydroxyl groups is 1. The number of carbonyl (C=O) groups is 2. The Balaban J connectivity index is 1.88. The zero-order valence-corrected chi connectivity index (χ0v) is 19.9. The van der Waals surface area contributed by atoms with Gasteiger partial charge in [-0.1, -0.05) is 49.7 Å². The highest BCUT2D eigenvalue weighted by atomic mass is 35.5. The third kappa shape index (κ3) is 4.54. The molecule has 2 aromatic carbocycles. The highest BCUT2D eigenvalue weighted by Gasteiger charge is 2.47. The zero-order chi connectivity index (χ0) is 24.4. The minimum absolute atomic E-state index is 0.0154. The van der Waals surface area contributed by atoms with E-state index in [0.717, 1.165) is 5.56 Å². The second-order valence-electron chi connectivity index (χ2n) is 8.62. The summed E-state index contributed by atoms with van der Waals surface area (Å²) in [6.45, 7) is 6.42. The first kappa shape index (κ1) is 23.5. The van der Waals surface area contributed by atoms with Crippen molar-refractivity contribution in [3.8, 4) is 5.75 Å². The topological polar surface area (TPSA) is 79.7 Å². The molecule has 1 atom stereocenters. The largest absolute Gasteiger partial charge is 0.507 e. The number of nitrogens with zero attached hydrogens (tertiary/aromatic N) is 2. The molecule has 0 spiro atoms. The van der Waals surface area contributed by atoms with Gasteiger partial charge in [0.25, 0.3) is 11.7 Å². The van der Waals surface area contributed by atoms with Gasteiger partial charge in [-0.25, -0.2) is 0 Å². The molecule has 0 saturated carbocycles. The molecule has 34 heavy (non-hydrogen) atoms. The number of anilines is 1. The number of aliphatic hydroxyl groups excluding tert-OH is 1. The summed E-state index contributed by atoms with van der Waals surface area (Å²) in [5.74, 6) is -0.902. The van der Waals surface area contributed by atoms with Crippen LogP contribution in [-0.4, -0.2) is 28.4 Å². The quantitative estimate of drug-likeness (QED) is 0.280. The number of ketones is 1. The van der Waals surface area contributed by atoms with Gasteiger partial charge >= 0.3 is 0 Å². The van der Waals surface area contributed by atoms with E-state index in [2.05, 4.69) is 4.98 Å². The number of ether oxygens (including phenoxy) is 1. The molecule has 0 radical (unpaired) electrons. The summed E-state index contributed by atoms with van der Waals surface area (Å²) in [5.41, 5.74) is 2.23. The molecule has 6 nitrogen and oxygen atoms in total. The number of carbonyl (C=O) groups excluding carboxylic acids is 2. The van der Waals surface area contributed by atoms with Crippen molar-refractivity contribution in [2.24, 2.45) is 5.92 Å². The Morgan fingerprint density at radius 1 is 1.15 bits per heavy atom. The fourth-order valence-electron chi connectivity index (χ4n) is 3.93. The van der Waals surface area contributed by atoms with Crippen LogP contribution in [0.15, 0.2) is 72.6 Å². The van der Waals surface area contributed by atoms with Crippen LogP contribution in [0.2, 0.25) is 5.02 Å². The summed E-state index contributed by atoms with van der Waals surface area (Å²) < 4.78 is 5.78. The van der Waals surface area contributed by atoms with Crippen LogP contribution in [0.25, 0.3) is 5.76 Å². The molecule has 7 heteroatoms. The molecule has 174 valence electrons. The van der Waals surface area contributed by atoms with Crippen LogP contribution in [0.1, 0.15) is 36.6 Å². The van der Waals surface area contributed by atoms with Crippen molar-refractivity contribution in [1.29, 1.82) is 0 Å². The summed E-state index contributed by atoms with van der Waals surface area (Å²) in [6, 6.07) is 14.6. The van der Waals surface area contributed by atoms with Crippen molar-refractivity contribution in [2.45, 2.75) is 26.8 Å². The second-order valence-corrected chi connectivity index (χ2v) is 9.06. The second kappa shape index (κ2) is 9.69. The highest BCUT2D eigenvalue weighted by molar-refractivity contribution is 6.52. The molecule has 4 rings (SSSR count). The first-order valence-electron chi connectivity index (χ1n) is 11.0. The maximum atomic E-state index is 13.3. The average Bonchev–Trinajstić information content (AvgIpc) is 3.10. The molecule has 1 aliphatic heterocycles. The summed E-state index contributed by atoms with van der Waals surface area (Å²) in [6.07, 6.45) is 3.19. The standard InChI is InChI=1S/C27H25ClN2O4/c1-16(2)15-34-21-8-4-6-18(12-21)25(31)23-24(19-7-5-11-29-14-19)30(27(33)26(23)32)22-13-20(28)10-9-17(22)3/h4-14,16,24,31H,15H2,1-3H3/b25-23+. The first-order chi connectivity index (χ1) is 16.3. The summed E-state index contributed by atoms with van der Waals surface area (Å²) in [7, 11) is 0. The third-order valence-electron chi connectivity index (χ3n) is 5.57. The van der Waals surface area contributed by atoms with E-state index in [1.807, 2.05) is 20.8 Å². The van der Waals surface area contributed by atoms with E-state index in [1.54, 1.807) is 67.0 Å². The number of amides is 1. The van der Waals surface area contributed by atoms with E-state index in [9.17, 15) is 14.7 Å². The predicted octanol–water partition coefficient (Wildman–Crippen LogP) is 5.70. The SMILES string of the molecule is Cc1ccc(Cl)cc1N1C(=O)C(=O)/C(=C(/O)c2cccc(OCC(C)C)c2)C1c1cccnc1. The van der Waals surface area contributed by atoms with Gasteiger partial charge in [-0.05, 0) is 54.3 Å². The summed E-state index contributed by atoms with van der Waals surface area (Å²) in [5, 5.41) is 11.7. The fraction of sp³-hybridized carbons (Fsp3) is 0.222. The van der Waals surface area contributed by atoms with Crippen LogP contribution >= 0.6 is 11.6 Å². The normalized spacial score (nSPS) is 17.4. The Morgan fingerprint density at radius 2 is 1.94 bits per heavy atom. The maximum absolute atomic E-state index is 13.3. The van der Waals surface area contributed by atoms with Gasteiger partial charge < -0.3 is 9.84 Å². The third-order valence-corrected chi connectivity index (χ3v) is 5.80. The Labute approximate surface area is 203 Å². The molecule has 1 unspecified atom stereocenters. The molecule has 1 N–H and O–H groups in total. The lowest BCUT2D eigenvalue weighted by atomic mass is 9.96. The molecule has 0 bridgehead atoms. The zero-order valence-electron chi connectivity index (χ0n) is 19.2. The van der Waals surface area contributed by atoms with Crippen molar-refractivity contribution in [3.63, 3.8) is 0 Å². The number of aromatic nitrogens is 1. The van der Waals surface area contributed by atoms with Gasteiger partial charge in [-0.2, -0.15) is 0 Å². The number of Topliss-reactive ketones (excluding diaryl/α,β-unsaturated/α-hetero) is 1. The van der Waals surface area contributed by atoms with Gasteiger partial charge in [-0.3, -0.25) is 19.5 Å². The smallest absolute Gasteiger partial charge is 0.300 e. The lowest BCUT2D eigenvalue weighted by Gasteiger charge is -2.26. The van der Waals surface area contributed by atoms with Crippen molar-refractivity contribution in [3.05, 3.63) is 94.3 Å². The van der Waals surface area contributed by atoms with E-state index >= 15 is 0 Å². The van der Waals surface area contributed by atoms with E-state index in [1.165, 1.54) is 4.90 Å². The van der Waals surface area contributed by atoms with Crippen molar-refractivity contribution >= 4 is 34.7 Å². The maximum Gasteiger partial charge on any atom is 0.300 e. The van der Waals surface area contributed by atoms with Crippen LogP contribution in [-0.2, 0) is 9.59 Å². The number of hydrogen-bond donors (Lipinski definition) is 1. The van der Waals surface area contributed by atoms with Gasteiger partial charge in [0, 0.05) is 28.7 Å². The lowest BCUT2D eigenvalue weighted by Crippen LogP contribution is -2.30.